The Morgan fingerprint density at radius 2 is 1.65 bits per heavy atom. The quantitative estimate of drug-likeness (QED) is 0.753. The minimum atomic E-state index is -0.352. The minimum Gasteiger partial charge on any atom is -0.348 e. The lowest BCUT2D eigenvalue weighted by Crippen LogP contribution is -2.17. The Hall–Kier alpha value is -3.47. The number of hydrogen-bond acceptors (Lipinski definition) is 2. The summed E-state index contributed by atoms with van der Waals surface area (Å²) in [6.07, 6.45) is 0. The van der Waals surface area contributed by atoms with Crippen molar-refractivity contribution in [1.29, 1.82) is 0 Å². The molecule has 4 rings (SSSR count). The summed E-state index contributed by atoms with van der Waals surface area (Å²) in [6, 6.07) is 18.6. The van der Waals surface area contributed by atoms with Gasteiger partial charge in [-0.05, 0) is 35.4 Å². The zero-order valence-electron chi connectivity index (χ0n) is 13.8. The highest BCUT2D eigenvalue weighted by molar-refractivity contribution is 6.11. The lowest BCUT2D eigenvalue weighted by Gasteiger charge is -2.13. The first-order valence-corrected chi connectivity index (χ1v) is 8.20. The van der Waals surface area contributed by atoms with E-state index in [1.807, 2.05) is 6.07 Å². The maximum absolute atomic E-state index is 14.2. The number of benzene rings is 3. The summed E-state index contributed by atoms with van der Waals surface area (Å²) >= 11 is 0. The second-order valence-electron chi connectivity index (χ2n) is 6.00. The molecule has 1 aliphatic heterocycles. The van der Waals surface area contributed by atoms with Crippen LogP contribution in [0.15, 0.2) is 66.7 Å². The Labute approximate surface area is 149 Å². The van der Waals surface area contributed by atoms with Gasteiger partial charge in [-0.2, -0.15) is 0 Å². The fourth-order valence-electron chi connectivity index (χ4n) is 3.17. The van der Waals surface area contributed by atoms with Crippen LogP contribution in [0, 0.1) is 5.82 Å². The highest BCUT2D eigenvalue weighted by Gasteiger charge is 2.27. The number of halogens is 1. The molecule has 1 heterocycles. The predicted octanol–water partition coefficient (Wildman–Crippen LogP) is 3.99. The fourth-order valence-corrected chi connectivity index (χ4v) is 3.17. The Balaban J connectivity index is 1.77. The molecule has 0 unspecified atom stereocenters. The third-order valence-corrected chi connectivity index (χ3v) is 4.41. The first-order valence-electron chi connectivity index (χ1n) is 8.20. The van der Waals surface area contributed by atoms with Gasteiger partial charge < -0.3 is 10.6 Å². The van der Waals surface area contributed by atoms with E-state index in [1.165, 1.54) is 6.07 Å². The lowest BCUT2D eigenvalue weighted by molar-refractivity contribution is 0.0966. The third kappa shape index (κ3) is 2.73. The van der Waals surface area contributed by atoms with Gasteiger partial charge in [0, 0.05) is 17.7 Å². The Kier molecular flexibility index (Phi) is 3.97. The van der Waals surface area contributed by atoms with Crippen molar-refractivity contribution in [1.82, 2.24) is 5.32 Å². The molecule has 0 saturated heterocycles. The minimum absolute atomic E-state index is 0.276. The smallest absolute Gasteiger partial charge is 0.255 e. The lowest BCUT2D eigenvalue weighted by atomic mass is 9.95. The Morgan fingerprint density at radius 1 is 0.923 bits per heavy atom. The number of nitrogens with one attached hydrogen (secondary N) is 2. The van der Waals surface area contributed by atoms with Crippen LogP contribution in [0.25, 0.3) is 11.1 Å². The topological polar surface area (TPSA) is 58.2 Å². The van der Waals surface area contributed by atoms with Crippen LogP contribution in [-0.2, 0) is 6.54 Å². The highest BCUT2D eigenvalue weighted by atomic mass is 19.1. The van der Waals surface area contributed by atoms with Crippen LogP contribution in [0.4, 0.5) is 10.1 Å². The van der Waals surface area contributed by atoms with E-state index in [2.05, 4.69) is 10.6 Å². The molecule has 0 atom stereocenters. The molecule has 2 N–H and O–H groups in total. The van der Waals surface area contributed by atoms with Crippen molar-refractivity contribution in [3.63, 3.8) is 0 Å². The third-order valence-electron chi connectivity index (χ3n) is 4.41. The molecular weight excluding hydrogens is 331 g/mol. The molecule has 26 heavy (non-hydrogen) atoms. The molecule has 0 saturated carbocycles. The number of amides is 2. The van der Waals surface area contributed by atoms with Gasteiger partial charge in [-0.15, -0.1) is 0 Å². The summed E-state index contributed by atoms with van der Waals surface area (Å²) in [5.41, 5.74) is 3.07. The first kappa shape index (κ1) is 16.0. The predicted molar refractivity (Wildman–Crippen MR) is 97.4 cm³/mol. The summed E-state index contributed by atoms with van der Waals surface area (Å²) in [7, 11) is 0. The fraction of sp³-hybridized carbons (Fsp3) is 0.0476. The van der Waals surface area contributed by atoms with Gasteiger partial charge in [-0.25, -0.2) is 4.39 Å². The van der Waals surface area contributed by atoms with Gasteiger partial charge in [-0.3, -0.25) is 9.59 Å². The van der Waals surface area contributed by atoms with E-state index in [1.54, 1.807) is 54.6 Å². The molecule has 0 aromatic heterocycles. The number of carbonyl (C=O) groups is 2. The highest BCUT2D eigenvalue weighted by Crippen LogP contribution is 2.35. The van der Waals surface area contributed by atoms with Gasteiger partial charge >= 0.3 is 0 Å². The van der Waals surface area contributed by atoms with Crippen molar-refractivity contribution in [3.05, 3.63) is 89.2 Å². The van der Waals surface area contributed by atoms with E-state index in [-0.39, 0.29) is 17.6 Å². The molecule has 5 heteroatoms. The van der Waals surface area contributed by atoms with Crippen LogP contribution >= 0.6 is 0 Å². The average Bonchev–Trinajstić information content (AvgIpc) is 3.06. The normalized spacial score (nSPS) is 12.4. The molecule has 128 valence electrons. The standard InChI is InChI=1S/C21H15FN2O2/c22-17-9-5-4-8-15(17)14-10-11-18(19-16(14)12-23-21(19)26)24-20(25)13-6-2-1-3-7-13/h1-11H,12H2,(H,23,26)(H,24,25). The SMILES string of the molecule is O=C(Nc1ccc(-c2ccccc2F)c2c1C(=O)NC2)c1ccccc1. The molecule has 2 amide bonds. The molecule has 3 aromatic carbocycles. The Morgan fingerprint density at radius 3 is 2.42 bits per heavy atom. The monoisotopic (exact) mass is 346 g/mol. The number of rotatable bonds is 3. The second kappa shape index (κ2) is 6.44. The first-order chi connectivity index (χ1) is 12.6. The van der Waals surface area contributed by atoms with Crippen LogP contribution in [0.5, 0.6) is 0 Å². The molecule has 0 aliphatic carbocycles. The molecule has 3 aromatic rings. The van der Waals surface area contributed by atoms with Gasteiger partial charge in [-0.1, -0.05) is 42.5 Å². The van der Waals surface area contributed by atoms with E-state index >= 15 is 0 Å². The zero-order chi connectivity index (χ0) is 18.1. The molecular formula is C21H15FN2O2. The maximum atomic E-state index is 14.2. The number of fused-ring (bicyclic) bond motifs is 1. The average molecular weight is 346 g/mol. The van der Waals surface area contributed by atoms with E-state index in [0.717, 1.165) is 0 Å². The van der Waals surface area contributed by atoms with Crippen LogP contribution < -0.4 is 10.6 Å². The van der Waals surface area contributed by atoms with Crippen LogP contribution in [-0.4, -0.2) is 11.8 Å². The summed E-state index contributed by atoms with van der Waals surface area (Å²) in [5, 5.41) is 5.54. The van der Waals surface area contributed by atoms with E-state index < -0.39 is 0 Å². The van der Waals surface area contributed by atoms with Gasteiger partial charge in [0.25, 0.3) is 11.8 Å². The van der Waals surface area contributed by atoms with E-state index in [9.17, 15) is 14.0 Å². The number of anilines is 1. The molecule has 0 spiro atoms. The van der Waals surface area contributed by atoms with E-state index in [0.29, 0.717) is 40.0 Å². The summed E-state index contributed by atoms with van der Waals surface area (Å²) in [4.78, 5) is 24.7. The molecule has 0 radical (unpaired) electrons. The van der Waals surface area contributed by atoms with Crippen molar-refractivity contribution >= 4 is 17.5 Å². The summed E-state index contributed by atoms with van der Waals surface area (Å²) < 4.78 is 14.2. The maximum Gasteiger partial charge on any atom is 0.255 e. The van der Waals surface area contributed by atoms with Crippen molar-refractivity contribution in [2.24, 2.45) is 0 Å². The zero-order valence-corrected chi connectivity index (χ0v) is 13.8. The van der Waals surface area contributed by atoms with Crippen LogP contribution in [0.2, 0.25) is 0 Å². The molecule has 0 fully saturated rings. The van der Waals surface area contributed by atoms with Crippen molar-refractivity contribution < 1.29 is 14.0 Å². The van der Waals surface area contributed by atoms with Crippen molar-refractivity contribution in [3.8, 4) is 11.1 Å². The van der Waals surface area contributed by atoms with Gasteiger partial charge in [0.15, 0.2) is 0 Å². The van der Waals surface area contributed by atoms with E-state index in [4.69, 9.17) is 0 Å². The van der Waals surface area contributed by atoms with Crippen molar-refractivity contribution in [2.45, 2.75) is 6.54 Å². The largest absolute Gasteiger partial charge is 0.348 e. The number of hydrogen-bond donors (Lipinski definition) is 2. The van der Waals surface area contributed by atoms with Crippen molar-refractivity contribution in [2.75, 3.05) is 5.32 Å². The van der Waals surface area contributed by atoms with Gasteiger partial charge in [0.05, 0.1) is 11.3 Å². The van der Waals surface area contributed by atoms with Crippen LogP contribution in [0.1, 0.15) is 26.3 Å². The summed E-state index contributed by atoms with van der Waals surface area (Å²) in [6.45, 7) is 0.298. The number of carbonyl (C=O) groups excluding carboxylic acids is 2. The molecule has 1 aliphatic rings. The molecule has 4 nitrogen and oxygen atoms in total. The van der Waals surface area contributed by atoms with Gasteiger partial charge in [0.1, 0.15) is 5.82 Å². The van der Waals surface area contributed by atoms with Gasteiger partial charge in [0.2, 0.25) is 0 Å². The second-order valence-corrected chi connectivity index (χ2v) is 6.00. The molecule has 0 bridgehead atoms. The Bertz CT molecular complexity index is 1020. The summed E-state index contributed by atoms with van der Waals surface area (Å²) in [5.74, 6) is -0.928. The van der Waals surface area contributed by atoms with Crippen LogP contribution in [0.3, 0.4) is 0 Å².